The molecule has 0 amide bonds. The highest BCUT2D eigenvalue weighted by molar-refractivity contribution is 6.03. The average molecular weight is 1260 g/mol. The molecule has 4 aliphatic heterocycles. The molecule has 20 bridgehead atoms. The largest absolute Gasteiger partial charge is 0.260 e. The molecule has 10 aromatic carbocycles. The predicted octanol–water partition coefficient (Wildman–Crippen LogP) is 22.4. The van der Waals surface area contributed by atoms with Crippen LogP contribution in [0.3, 0.4) is 0 Å². The van der Waals surface area contributed by atoms with Gasteiger partial charge < -0.3 is 0 Å². The average Bonchev–Trinajstić information content (AvgIpc) is 1.59. The summed E-state index contributed by atoms with van der Waals surface area (Å²) in [5, 5.41) is 4.49. The minimum atomic E-state index is -0.331. The third-order valence-corrected chi connectivity index (χ3v) is 22.8. The molecule has 4 nitrogen and oxygen atoms in total. The zero-order valence-corrected chi connectivity index (χ0v) is 58.2. The summed E-state index contributed by atoms with van der Waals surface area (Å²) in [5.74, 6) is 2.63. The summed E-state index contributed by atoms with van der Waals surface area (Å²) in [7, 11) is 0. The molecule has 0 unspecified atom stereocenters. The maximum absolute atomic E-state index is 5.66. The molecule has 484 valence electrons. The third kappa shape index (κ3) is 12.6. The number of nitrogens with zero attached hydrogens (tertiary/aromatic N) is 4. The van der Waals surface area contributed by atoms with Crippen LogP contribution in [0, 0.1) is 23.7 Å². The minimum Gasteiger partial charge on any atom is -0.260 e. The fourth-order valence-electron chi connectivity index (χ4n) is 17.0. The summed E-state index contributed by atoms with van der Waals surface area (Å²) in [5.41, 5.74) is 25.0. The Bertz CT molecular complexity index is 3990. The zero-order chi connectivity index (χ0) is 65.8. The molecule has 0 atom stereocenters. The van der Waals surface area contributed by atoms with Gasteiger partial charge in [0.2, 0.25) is 0 Å². The van der Waals surface area contributed by atoms with Crippen molar-refractivity contribution >= 4 is 69.2 Å². The molecule has 18 rings (SSSR count). The van der Waals surface area contributed by atoms with Crippen LogP contribution in [0.1, 0.15) is 170 Å². The number of aliphatic imine (C=N–C) groups is 4. The van der Waals surface area contributed by atoms with Gasteiger partial charge in [-0.2, -0.15) is 0 Å². The molecule has 4 aliphatic carbocycles. The van der Waals surface area contributed by atoms with E-state index in [1.54, 1.807) is 0 Å². The van der Waals surface area contributed by atoms with Crippen LogP contribution in [-0.4, -0.2) is 24.9 Å². The van der Waals surface area contributed by atoms with Gasteiger partial charge in [-0.15, -0.1) is 0 Å². The van der Waals surface area contributed by atoms with Crippen molar-refractivity contribution in [3.63, 3.8) is 0 Å². The number of benzene rings is 10. The van der Waals surface area contributed by atoms with Gasteiger partial charge in [0.15, 0.2) is 0 Å². The normalized spacial score (nSPS) is 20.9. The van der Waals surface area contributed by atoms with Crippen molar-refractivity contribution in [3.8, 4) is 0 Å². The summed E-state index contributed by atoms with van der Waals surface area (Å²) in [6.45, 7) is 18.6. The van der Waals surface area contributed by atoms with Crippen LogP contribution in [0.15, 0.2) is 214 Å². The Labute approximate surface area is 572 Å². The van der Waals surface area contributed by atoms with Gasteiger partial charge in [0.05, 0.1) is 22.7 Å². The first-order valence-corrected chi connectivity index (χ1v) is 36.5. The highest BCUT2D eigenvalue weighted by Gasteiger charge is 2.45. The van der Waals surface area contributed by atoms with Crippen molar-refractivity contribution in [1.29, 1.82) is 0 Å². The van der Waals surface area contributed by atoms with Crippen molar-refractivity contribution in [3.05, 3.63) is 283 Å². The Morgan fingerprint density at radius 3 is 0.615 bits per heavy atom. The molecule has 0 fully saturated rings. The van der Waals surface area contributed by atoms with E-state index in [2.05, 4.69) is 274 Å². The van der Waals surface area contributed by atoms with E-state index in [0.29, 0.717) is 23.7 Å². The maximum Gasteiger partial charge on any atom is 0.0705 e. The van der Waals surface area contributed by atoms with Crippen molar-refractivity contribution in [2.24, 2.45) is 43.6 Å². The van der Waals surface area contributed by atoms with Gasteiger partial charge in [-0.3, -0.25) is 20.0 Å². The number of rotatable bonds is 16. The Kier molecular flexibility index (Phi) is 17.2. The van der Waals surface area contributed by atoms with E-state index in [4.69, 9.17) is 20.0 Å². The van der Waals surface area contributed by atoms with Gasteiger partial charge >= 0.3 is 0 Å². The van der Waals surface area contributed by atoms with Gasteiger partial charge in [-0.25, -0.2) is 0 Å². The molecule has 0 spiro atoms. The summed E-state index contributed by atoms with van der Waals surface area (Å²) in [6, 6.07) is 75.5. The summed E-state index contributed by atoms with van der Waals surface area (Å²) < 4.78 is 0. The smallest absolute Gasteiger partial charge is 0.0705 e. The fraction of sp³-hybridized carbons (Fsp3) is 0.348. The molecular weight excluding hydrogens is 1160 g/mol. The molecule has 0 saturated carbocycles. The third-order valence-electron chi connectivity index (χ3n) is 22.8. The summed E-state index contributed by atoms with van der Waals surface area (Å²) in [6.07, 6.45) is 25.5. The molecule has 4 heterocycles. The number of aryl methyl sites for hydroxylation is 4. The highest BCUT2D eigenvalue weighted by atomic mass is 14.8. The fourth-order valence-corrected chi connectivity index (χ4v) is 17.0. The Balaban J connectivity index is 0.879. The first-order valence-electron chi connectivity index (χ1n) is 36.5. The molecule has 0 N–H and O–H groups in total. The molecule has 0 saturated heterocycles. The lowest BCUT2D eigenvalue weighted by molar-refractivity contribution is 0.585. The lowest BCUT2D eigenvalue weighted by Gasteiger charge is -2.26. The van der Waals surface area contributed by atoms with Crippen molar-refractivity contribution in [2.75, 3.05) is 0 Å². The second-order valence-corrected chi connectivity index (χ2v) is 31.7. The van der Waals surface area contributed by atoms with E-state index in [1.165, 1.54) is 115 Å². The van der Waals surface area contributed by atoms with Crippen molar-refractivity contribution in [2.45, 2.75) is 180 Å². The molecule has 4 heteroatoms. The first kappa shape index (κ1) is 63.5. The Morgan fingerprint density at radius 2 is 0.438 bits per heavy atom. The maximum atomic E-state index is 5.66. The van der Waals surface area contributed by atoms with E-state index in [9.17, 15) is 0 Å². The quantitative estimate of drug-likeness (QED) is 0.0926. The minimum absolute atomic E-state index is 0.331. The van der Waals surface area contributed by atoms with Crippen LogP contribution in [-0.2, 0) is 98.7 Å². The van der Waals surface area contributed by atoms with E-state index >= 15 is 0 Å². The topological polar surface area (TPSA) is 49.4 Å². The number of hydrogen-bond acceptors (Lipinski definition) is 4. The van der Waals surface area contributed by atoms with Crippen molar-refractivity contribution < 1.29 is 0 Å². The highest BCUT2D eigenvalue weighted by Crippen LogP contribution is 2.49. The van der Waals surface area contributed by atoms with Crippen LogP contribution in [0.5, 0.6) is 0 Å². The lowest BCUT2D eigenvalue weighted by Crippen LogP contribution is -2.29. The van der Waals surface area contributed by atoms with E-state index in [1.807, 2.05) is 0 Å². The van der Waals surface area contributed by atoms with Crippen LogP contribution in [0.2, 0.25) is 0 Å². The van der Waals surface area contributed by atoms with E-state index in [-0.39, 0.29) is 21.7 Å². The standard InChI is InChI=1S/C92H96N4/c1-61(2)21-25-65-29-37-77(38-30-65)89-49-69-45-71-51-90(52-72(71)46-70(69)50-89,78-39-31-66(32-40-78)26-22-62(3)4)58-95-87-19-11-16-84-83(87)15-12-20-88(84)96-60-92(80-43-35-68(36-44-80)28-24-64(7)8)55-75-47-73-53-91(54-74(73)48-76(75)56-92,79-41-33-67(34-42-79)27-23-63(5)6)59-94-86-18-10-13-81-82(86)14-9-17-85(81)93-57-89/h9-20,29-48,57-64H,21-28,49-56H2,1-8H3. The van der Waals surface area contributed by atoms with Crippen LogP contribution in [0.4, 0.5) is 22.7 Å². The van der Waals surface area contributed by atoms with Gasteiger partial charge in [0.25, 0.3) is 0 Å². The first-order chi connectivity index (χ1) is 46.6. The van der Waals surface area contributed by atoms with Crippen molar-refractivity contribution in [1.82, 2.24) is 0 Å². The molecule has 0 aromatic heterocycles. The summed E-state index contributed by atoms with van der Waals surface area (Å²) in [4.78, 5) is 22.6. The number of hydrogen-bond donors (Lipinski definition) is 0. The lowest BCUT2D eigenvalue weighted by atomic mass is 9.77. The monoisotopic (exact) mass is 1260 g/mol. The van der Waals surface area contributed by atoms with E-state index in [0.717, 1.165) is 121 Å². The van der Waals surface area contributed by atoms with Gasteiger partial charge in [-0.05, 0) is 240 Å². The zero-order valence-electron chi connectivity index (χ0n) is 58.2. The Morgan fingerprint density at radius 1 is 0.250 bits per heavy atom. The summed E-state index contributed by atoms with van der Waals surface area (Å²) >= 11 is 0. The van der Waals surface area contributed by atoms with Gasteiger partial charge in [0, 0.05) is 68.1 Å². The molecule has 96 heavy (non-hydrogen) atoms. The molecule has 0 radical (unpaired) electrons. The van der Waals surface area contributed by atoms with Gasteiger partial charge in [0.1, 0.15) is 0 Å². The van der Waals surface area contributed by atoms with Gasteiger partial charge in [-0.1, -0.05) is 225 Å². The van der Waals surface area contributed by atoms with E-state index < -0.39 is 0 Å². The molecular formula is C92H96N4. The van der Waals surface area contributed by atoms with Crippen LogP contribution >= 0.6 is 0 Å². The molecule has 8 aliphatic rings. The SMILES string of the molecule is CC(C)CCc1ccc(C23C=Nc4cccc5c(cccc45)N=CC4(c5ccc(CCC(C)C)cc5)Cc5cc6c(cc5C4)CC(c4ccc(CCC(C)C)cc4)(C=Nc4cccc5c(cccc45)N=CC4(c5ccc(CCC(C)C)cc5)Cc5cc(c(cc5C4)C2)C3)C6)cc1. The molecule has 10 aromatic rings. The second-order valence-electron chi connectivity index (χ2n) is 31.7. The second kappa shape index (κ2) is 26.1. The predicted molar refractivity (Wildman–Crippen MR) is 408 cm³/mol. The van der Waals surface area contributed by atoms with Crippen LogP contribution in [0.25, 0.3) is 21.5 Å². The Hall–Kier alpha value is -8.60. The van der Waals surface area contributed by atoms with Crippen LogP contribution < -0.4 is 0 Å².